The second-order valence-electron chi connectivity index (χ2n) is 9.49. The van der Waals surface area contributed by atoms with Crippen molar-refractivity contribution >= 4 is 11.9 Å². The van der Waals surface area contributed by atoms with Crippen LogP contribution in [0.2, 0.25) is 0 Å². The number of carbonyl (C=O) groups is 2. The highest BCUT2D eigenvalue weighted by atomic mass is 16.5. The van der Waals surface area contributed by atoms with Crippen LogP contribution in [0.4, 0.5) is 0 Å². The van der Waals surface area contributed by atoms with Gasteiger partial charge in [-0.3, -0.25) is 4.79 Å². The van der Waals surface area contributed by atoms with Crippen molar-refractivity contribution in [1.29, 1.82) is 0 Å². The van der Waals surface area contributed by atoms with Crippen LogP contribution in [0.5, 0.6) is 0 Å². The molecule has 0 aliphatic heterocycles. The molecule has 1 atom stereocenters. The molecule has 1 heterocycles. The van der Waals surface area contributed by atoms with Gasteiger partial charge < -0.3 is 14.6 Å². The highest BCUT2D eigenvalue weighted by Crippen LogP contribution is 2.34. The smallest absolute Gasteiger partial charge is 0.339 e. The number of hydrogen-bond donors (Lipinski definition) is 1. The fraction of sp³-hybridized carbons (Fsp3) is 0.556. The maximum Gasteiger partial charge on any atom is 0.339 e. The van der Waals surface area contributed by atoms with E-state index in [9.17, 15) is 9.59 Å². The van der Waals surface area contributed by atoms with Crippen LogP contribution in [0.15, 0.2) is 30.3 Å². The number of aromatic nitrogens is 1. The Bertz CT molecular complexity index is 969. The van der Waals surface area contributed by atoms with Crippen molar-refractivity contribution in [2.45, 2.75) is 78.3 Å². The molecule has 1 aromatic carbocycles. The predicted molar refractivity (Wildman–Crippen MR) is 126 cm³/mol. The molecule has 0 bridgehead atoms. The lowest BCUT2D eigenvalue weighted by Crippen LogP contribution is -2.37. The summed E-state index contributed by atoms with van der Waals surface area (Å²) >= 11 is 0. The number of hydrogen-bond acceptors (Lipinski definition) is 3. The summed E-state index contributed by atoms with van der Waals surface area (Å²) in [4.78, 5) is 25.2. The highest BCUT2D eigenvalue weighted by Gasteiger charge is 2.30. The first-order valence-corrected chi connectivity index (χ1v) is 12.2. The molecule has 1 fully saturated rings. The van der Waals surface area contributed by atoms with Crippen LogP contribution >= 0.6 is 0 Å². The molecule has 0 radical (unpaired) electrons. The molecule has 172 valence electrons. The van der Waals surface area contributed by atoms with E-state index in [1.807, 2.05) is 19.9 Å². The van der Waals surface area contributed by atoms with Crippen molar-refractivity contribution < 1.29 is 14.3 Å². The van der Waals surface area contributed by atoms with Gasteiger partial charge in [0, 0.05) is 23.9 Å². The Morgan fingerprint density at radius 1 is 1.09 bits per heavy atom. The van der Waals surface area contributed by atoms with E-state index >= 15 is 0 Å². The second-order valence-corrected chi connectivity index (χ2v) is 9.49. The van der Waals surface area contributed by atoms with Gasteiger partial charge in [0.25, 0.3) is 0 Å². The average Bonchev–Trinajstić information content (AvgIpc) is 3.08. The SMILES string of the molecule is CCOC(=O)c1cc(C)n(CC2CCC(C(=O)N[C@@H]3CCCc4ccccc43)CC2)c1C. The zero-order valence-electron chi connectivity index (χ0n) is 19.7. The quantitative estimate of drug-likeness (QED) is 0.627. The van der Waals surface area contributed by atoms with Crippen molar-refractivity contribution in [3.63, 3.8) is 0 Å². The number of rotatable bonds is 6. The third kappa shape index (κ3) is 4.77. The van der Waals surface area contributed by atoms with Gasteiger partial charge in [-0.15, -0.1) is 0 Å². The van der Waals surface area contributed by atoms with Crippen molar-refractivity contribution in [2.75, 3.05) is 6.61 Å². The minimum absolute atomic E-state index is 0.113. The van der Waals surface area contributed by atoms with E-state index in [-0.39, 0.29) is 23.8 Å². The monoisotopic (exact) mass is 436 g/mol. The summed E-state index contributed by atoms with van der Waals surface area (Å²) in [6.45, 7) is 7.18. The van der Waals surface area contributed by atoms with Gasteiger partial charge in [0.15, 0.2) is 0 Å². The minimum atomic E-state index is -0.239. The van der Waals surface area contributed by atoms with Gasteiger partial charge in [-0.25, -0.2) is 4.79 Å². The van der Waals surface area contributed by atoms with Crippen molar-refractivity contribution in [3.05, 3.63) is 58.4 Å². The molecule has 5 heteroatoms. The van der Waals surface area contributed by atoms with Gasteiger partial charge in [0.05, 0.1) is 18.2 Å². The zero-order chi connectivity index (χ0) is 22.7. The summed E-state index contributed by atoms with van der Waals surface area (Å²) in [7, 11) is 0. The summed E-state index contributed by atoms with van der Waals surface area (Å²) in [5.74, 6) is 0.635. The number of nitrogens with one attached hydrogen (secondary N) is 1. The molecule has 1 saturated carbocycles. The summed E-state index contributed by atoms with van der Waals surface area (Å²) in [6, 6.07) is 10.6. The summed E-state index contributed by atoms with van der Waals surface area (Å²) in [6.07, 6.45) is 7.26. The molecule has 0 unspecified atom stereocenters. The largest absolute Gasteiger partial charge is 0.462 e. The Morgan fingerprint density at radius 3 is 2.59 bits per heavy atom. The molecule has 1 N–H and O–H groups in total. The number of nitrogens with zero attached hydrogens (tertiary/aromatic N) is 1. The Kier molecular flexibility index (Phi) is 7.02. The zero-order valence-corrected chi connectivity index (χ0v) is 19.7. The van der Waals surface area contributed by atoms with E-state index in [0.717, 1.165) is 62.9 Å². The maximum atomic E-state index is 13.0. The summed E-state index contributed by atoms with van der Waals surface area (Å²) in [5.41, 5.74) is 5.44. The average molecular weight is 437 g/mol. The molecule has 0 spiro atoms. The number of esters is 1. The second kappa shape index (κ2) is 9.93. The fourth-order valence-corrected chi connectivity index (χ4v) is 5.56. The molecule has 32 heavy (non-hydrogen) atoms. The van der Waals surface area contributed by atoms with Crippen LogP contribution in [-0.2, 0) is 22.5 Å². The topological polar surface area (TPSA) is 60.3 Å². The van der Waals surface area contributed by atoms with E-state index < -0.39 is 0 Å². The van der Waals surface area contributed by atoms with Gasteiger partial charge in [-0.05, 0) is 88.8 Å². The van der Waals surface area contributed by atoms with Crippen LogP contribution in [0.1, 0.15) is 84.4 Å². The van der Waals surface area contributed by atoms with Crippen LogP contribution < -0.4 is 5.32 Å². The number of fused-ring (bicyclic) bond motifs is 1. The van der Waals surface area contributed by atoms with E-state index in [1.54, 1.807) is 0 Å². The number of ether oxygens (including phenoxy) is 1. The standard InChI is InChI=1S/C27H36N2O3/c1-4-32-27(31)24-16-18(2)29(19(24)3)17-20-12-14-22(15-13-20)26(30)28-25-11-7-9-21-8-5-6-10-23(21)25/h5-6,8,10,16,20,22,25H,4,7,9,11-15,17H2,1-3H3,(H,28,30)/t20?,22?,25-/m1/s1. The van der Waals surface area contributed by atoms with Crippen molar-refractivity contribution in [3.8, 4) is 0 Å². The van der Waals surface area contributed by atoms with E-state index in [0.29, 0.717) is 18.1 Å². The summed E-state index contributed by atoms with van der Waals surface area (Å²) < 4.78 is 7.44. The molecule has 1 aromatic heterocycles. The first kappa shape index (κ1) is 22.6. The van der Waals surface area contributed by atoms with Crippen LogP contribution in [-0.4, -0.2) is 23.1 Å². The van der Waals surface area contributed by atoms with E-state index in [2.05, 4.69) is 41.1 Å². The van der Waals surface area contributed by atoms with Gasteiger partial charge in [0.2, 0.25) is 5.91 Å². The third-order valence-electron chi connectivity index (χ3n) is 7.41. The summed E-state index contributed by atoms with van der Waals surface area (Å²) in [5, 5.41) is 3.36. The van der Waals surface area contributed by atoms with Crippen molar-refractivity contribution in [1.82, 2.24) is 9.88 Å². The lowest BCUT2D eigenvalue weighted by atomic mass is 9.80. The molecule has 2 aliphatic rings. The maximum absolute atomic E-state index is 13.0. The van der Waals surface area contributed by atoms with Crippen LogP contribution in [0, 0.1) is 25.7 Å². The lowest BCUT2D eigenvalue weighted by molar-refractivity contribution is -0.127. The molecule has 1 amide bonds. The highest BCUT2D eigenvalue weighted by molar-refractivity contribution is 5.91. The Labute approximate surface area is 191 Å². The minimum Gasteiger partial charge on any atom is -0.462 e. The van der Waals surface area contributed by atoms with Gasteiger partial charge in [0.1, 0.15) is 0 Å². The Balaban J connectivity index is 1.32. The first-order chi connectivity index (χ1) is 15.5. The Morgan fingerprint density at radius 2 is 1.84 bits per heavy atom. The van der Waals surface area contributed by atoms with Gasteiger partial charge >= 0.3 is 5.97 Å². The van der Waals surface area contributed by atoms with Gasteiger partial charge in [-0.2, -0.15) is 0 Å². The Hall–Kier alpha value is -2.56. The van der Waals surface area contributed by atoms with Gasteiger partial charge in [-0.1, -0.05) is 24.3 Å². The first-order valence-electron chi connectivity index (χ1n) is 12.2. The van der Waals surface area contributed by atoms with E-state index in [1.165, 1.54) is 11.1 Å². The van der Waals surface area contributed by atoms with Crippen LogP contribution in [0.3, 0.4) is 0 Å². The normalized spacial score (nSPS) is 22.8. The molecule has 0 saturated heterocycles. The molecule has 5 nitrogen and oxygen atoms in total. The molecule has 4 rings (SSSR count). The number of amides is 1. The van der Waals surface area contributed by atoms with E-state index in [4.69, 9.17) is 4.74 Å². The number of carbonyl (C=O) groups excluding carboxylic acids is 2. The number of aryl methyl sites for hydroxylation is 2. The predicted octanol–water partition coefficient (Wildman–Crippen LogP) is 5.28. The molecule has 2 aromatic rings. The molecular formula is C27H36N2O3. The third-order valence-corrected chi connectivity index (χ3v) is 7.41. The molecular weight excluding hydrogens is 400 g/mol. The van der Waals surface area contributed by atoms with Crippen LogP contribution in [0.25, 0.3) is 0 Å². The van der Waals surface area contributed by atoms with Crippen molar-refractivity contribution in [2.24, 2.45) is 11.8 Å². The fourth-order valence-electron chi connectivity index (χ4n) is 5.56. The lowest BCUT2D eigenvalue weighted by Gasteiger charge is -2.32. The number of benzene rings is 1. The molecule has 2 aliphatic carbocycles.